The van der Waals surface area contributed by atoms with E-state index in [9.17, 15) is 14.7 Å². The molecule has 1 aromatic heterocycles. The quantitative estimate of drug-likeness (QED) is 0.759. The first kappa shape index (κ1) is 14.8. The van der Waals surface area contributed by atoms with E-state index in [1.807, 2.05) is 42.5 Å². The van der Waals surface area contributed by atoms with Gasteiger partial charge in [0.1, 0.15) is 11.2 Å². The molecule has 122 valence electrons. The van der Waals surface area contributed by atoms with Crippen molar-refractivity contribution in [2.75, 3.05) is 6.54 Å². The SMILES string of the molecule is CC1(C(=O)O)CCCN1C(=O)c1cc2c(ccc3ccccc32)[nH]1. The maximum absolute atomic E-state index is 12.9. The van der Waals surface area contributed by atoms with Crippen LogP contribution in [0.3, 0.4) is 0 Å². The summed E-state index contributed by atoms with van der Waals surface area (Å²) in [5.41, 5.74) is 0.195. The maximum Gasteiger partial charge on any atom is 0.329 e. The highest BCUT2D eigenvalue weighted by Crippen LogP contribution is 2.32. The van der Waals surface area contributed by atoms with E-state index in [2.05, 4.69) is 4.98 Å². The monoisotopic (exact) mass is 322 g/mol. The number of likely N-dealkylation sites (tertiary alicyclic amines) is 1. The Bertz CT molecular complexity index is 975. The minimum Gasteiger partial charge on any atom is -0.480 e. The van der Waals surface area contributed by atoms with Crippen LogP contribution >= 0.6 is 0 Å². The number of fused-ring (bicyclic) bond motifs is 3. The molecule has 24 heavy (non-hydrogen) atoms. The highest BCUT2D eigenvalue weighted by atomic mass is 16.4. The molecule has 3 aromatic rings. The van der Waals surface area contributed by atoms with Crippen LogP contribution in [0.25, 0.3) is 21.7 Å². The molecule has 0 saturated carbocycles. The summed E-state index contributed by atoms with van der Waals surface area (Å²) < 4.78 is 0. The number of carboxylic acids is 1. The fourth-order valence-electron chi connectivity index (χ4n) is 3.66. The number of H-pyrrole nitrogens is 1. The molecule has 2 N–H and O–H groups in total. The number of amides is 1. The van der Waals surface area contributed by atoms with Gasteiger partial charge >= 0.3 is 5.97 Å². The summed E-state index contributed by atoms with van der Waals surface area (Å²) >= 11 is 0. The van der Waals surface area contributed by atoms with E-state index >= 15 is 0 Å². The molecular formula is C19H18N2O3. The Morgan fingerprint density at radius 2 is 1.96 bits per heavy atom. The van der Waals surface area contributed by atoms with Gasteiger partial charge in [0.15, 0.2) is 0 Å². The Morgan fingerprint density at radius 1 is 1.17 bits per heavy atom. The highest BCUT2D eigenvalue weighted by molar-refractivity contribution is 6.10. The van der Waals surface area contributed by atoms with E-state index in [0.29, 0.717) is 25.1 Å². The third-order valence-electron chi connectivity index (χ3n) is 5.11. The number of aliphatic carboxylic acids is 1. The molecule has 2 aromatic carbocycles. The summed E-state index contributed by atoms with van der Waals surface area (Å²) in [6.45, 7) is 2.09. The molecular weight excluding hydrogens is 304 g/mol. The van der Waals surface area contributed by atoms with Crippen molar-refractivity contribution in [2.24, 2.45) is 0 Å². The fourth-order valence-corrected chi connectivity index (χ4v) is 3.66. The van der Waals surface area contributed by atoms with Gasteiger partial charge in [-0.3, -0.25) is 4.79 Å². The molecule has 5 nitrogen and oxygen atoms in total. The van der Waals surface area contributed by atoms with Crippen LogP contribution in [0.5, 0.6) is 0 Å². The zero-order chi connectivity index (χ0) is 16.9. The normalized spacial score (nSPS) is 20.8. The number of hydrogen-bond donors (Lipinski definition) is 2. The minimum absolute atomic E-state index is 0.252. The zero-order valence-corrected chi connectivity index (χ0v) is 13.4. The third-order valence-corrected chi connectivity index (χ3v) is 5.11. The summed E-state index contributed by atoms with van der Waals surface area (Å²) in [7, 11) is 0. The number of hydrogen-bond acceptors (Lipinski definition) is 2. The van der Waals surface area contributed by atoms with Crippen molar-refractivity contribution in [1.29, 1.82) is 0 Å². The Hall–Kier alpha value is -2.82. The minimum atomic E-state index is -1.13. The van der Waals surface area contributed by atoms with Crippen molar-refractivity contribution in [1.82, 2.24) is 9.88 Å². The molecule has 0 spiro atoms. The number of carbonyl (C=O) groups is 2. The van der Waals surface area contributed by atoms with Gasteiger partial charge in [-0.25, -0.2) is 4.79 Å². The molecule has 0 aliphatic carbocycles. The summed E-state index contributed by atoms with van der Waals surface area (Å²) in [4.78, 5) is 29.1. The van der Waals surface area contributed by atoms with Crippen molar-refractivity contribution in [2.45, 2.75) is 25.3 Å². The van der Waals surface area contributed by atoms with Crippen LogP contribution in [0.1, 0.15) is 30.3 Å². The van der Waals surface area contributed by atoms with Crippen LogP contribution in [0.15, 0.2) is 42.5 Å². The van der Waals surface area contributed by atoms with Gasteiger partial charge in [0.25, 0.3) is 5.91 Å². The van der Waals surface area contributed by atoms with Gasteiger partial charge in [-0.05, 0) is 42.7 Å². The Labute approximate surface area is 138 Å². The number of nitrogens with zero attached hydrogens (tertiary/aromatic N) is 1. The smallest absolute Gasteiger partial charge is 0.329 e. The van der Waals surface area contributed by atoms with Gasteiger partial charge in [0, 0.05) is 17.4 Å². The van der Waals surface area contributed by atoms with Crippen LogP contribution in [0.4, 0.5) is 0 Å². The number of nitrogens with one attached hydrogen (secondary N) is 1. The van der Waals surface area contributed by atoms with Gasteiger partial charge in [-0.2, -0.15) is 0 Å². The molecule has 1 aliphatic rings. The standard InChI is InChI=1S/C19H18N2O3/c1-19(18(23)24)9-4-10-21(19)17(22)16-11-14-13-6-3-2-5-12(13)7-8-15(14)20-16/h2-3,5-8,11,20H,4,9-10H2,1H3,(H,23,24). The molecule has 0 radical (unpaired) electrons. The van der Waals surface area contributed by atoms with Gasteiger partial charge < -0.3 is 15.0 Å². The predicted molar refractivity (Wildman–Crippen MR) is 92.1 cm³/mol. The number of carboxylic acid groups (broad SMARTS) is 1. The fraction of sp³-hybridized carbons (Fsp3) is 0.263. The topological polar surface area (TPSA) is 73.4 Å². The summed E-state index contributed by atoms with van der Waals surface area (Å²) in [6, 6.07) is 13.8. The molecule has 1 saturated heterocycles. The van der Waals surface area contributed by atoms with Crippen molar-refractivity contribution in [3.63, 3.8) is 0 Å². The lowest BCUT2D eigenvalue weighted by molar-refractivity contribution is -0.147. The second-order valence-electron chi connectivity index (χ2n) is 6.57. The average molecular weight is 322 g/mol. The van der Waals surface area contributed by atoms with Crippen LogP contribution in [0.2, 0.25) is 0 Å². The van der Waals surface area contributed by atoms with E-state index in [1.54, 1.807) is 6.92 Å². The molecule has 2 heterocycles. The number of benzene rings is 2. The van der Waals surface area contributed by atoms with E-state index in [1.165, 1.54) is 4.90 Å². The Morgan fingerprint density at radius 3 is 2.75 bits per heavy atom. The Balaban J connectivity index is 1.80. The third kappa shape index (κ3) is 2.01. The van der Waals surface area contributed by atoms with Crippen LogP contribution < -0.4 is 0 Å². The lowest BCUT2D eigenvalue weighted by Gasteiger charge is -2.30. The van der Waals surface area contributed by atoms with Gasteiger partial charge in [-0.15, -0.1) is 0 Å². The van der Waals surface area contributed by atoms with Crippen molar-refractivity contribution in [3.05, 3.63) is 48.2 Å². The summed E-state index contributed by atoms with van der Waals surface area (Å²) in [5.74, 6) is -1.20. The molecule has 0 bridgehead atoms. The van der Waals surface area contributed by atoms with Gasteiger partial charge in [0.2, 0.25) is 0 Å². The van der Waals surface area contributed by atoms with Crippen molar-refractivity contribution in [3.8, 4) is 0 Å². The number of carbonyl (C=O) groups excluding carboxylic acids is 1. The molecule has 1 aliphatic heterocycles. The molecule has 5 heteroatoms. The second kappa shape index (κ2) is 5.09. The molecule has 4 rings (SSSR count). The zero-order valence-electron chi connectivity index (χ0n) is 13.4. The lowest BCUT2D eigenvalue weighted by Crippen LogP contribution is -2.50. The first-order chi connectivity index (χ1) is 11.5. The maximum atomic E-state index is 12.9. The Kier molecular flexibility index (Phi) is 3.13. The molecule has 1 unspecified atom stereocenters. The first-order valence-corrected chi connectivity index (χ1v) is 8.06. The van der Waals surface area contributed by atoms with E-state index in [4.69, 9.17) is 0 Å². The van der Waals surface area contributed by atoms with E-state index < -0.39 is 11.5 Å². The largest absolute Gasteiger partial charge is 0.480 e. The van der Waals surface area contributed by atoms with Gasteiger partial charge in [0.05, 0.1) is 0 Å². The molecule has 1 fully saturated rings. The molecule has 1 amide bonds. The van der Waals surface area contributed by atoms with Crippen molar-refractivity contribution < 1.29 is 14.7 Å². The van der Waals surface area contributed by atoms with Gasteiger partial charge in [-0.1, -0.05) is 30.3 Å². The number of aromatic nitrogens is 1. The average Bonchev–Trinajstić information content (AvgIpc) is 3.18. The van der Waals surface area contributed by atoms with Crippen LogP contribution in [-0.4, -0.2) is 39.0 Å². The van der Waals surface area contributed by atoms with Crippen molar-refractivity contribution >= 4 is 33.6 Å². The predicted octanol–water partition coefficient (Wildman–Crippen LogP) is 3.40. The number of rotatable bonds is 2. The second-order valence-corrected chi connectivity index (χ2v) is 6.57. The first-order valence-electron chi connectivity index (χ1n) is 8.06. The summed E-state index contributed by atoms with van der Waals surface area (Å²) in [6.07, 6.45) is 1.19. The van der Waals surface area contributed by atoms with Crippen LogP contribution in [0, 0.1) is 0 Å². The summed E-state index contributed by atoms with van der Waals surface area (Å²) in [5, 5.41) is 12.7. The van der Waals surface area contributed by atoms with E-state index in [0.717, 1.165) is 21.7 Å². The lowest BCUT2D eigenvalue weighted by atomic mass is 9.99. The molecule has 1 atom stereocenters. The van der Waals surface area contributed by atoms with E-state index in [-0.39, 0.29) is 5.91 Å². The number of aromatic amines is 1. The highest BCUT2D eigenvalue weighted by Gasteiger charge is 2.46. The van der Waals surface area contributed by atoms with Crippen LogP contribution in [-0.2, 0) is 4.79 Å².